The molecule has 0 aliphatic carbocycles. The van der Waals surface area contributed by atoms with Crippen molar-refractivity contribution in [3.05, 3.63) is 47.3 Å². The second kappa shape index (κ2) is 6.95. The molecule has 0 fully saturated rings. The van der Waals surface area contributed by atoms with Crippen molar-refractivity contribution in [2.45, 2.75) is 43.4 Å². The van der Waals surface area contributed by atoms with Crippen LogP contribution in [0.3, 0.4) is 0 Å². The van der Waals surface area contributed by atoms with E-state index in [2.05, 4.69) is 15.3 Å². The van der Waals surface area contributed by atoms with E-state index in [1.165, 1.54) is 12.1 Å². The summed E-state index contributed by atoms with van der Waals surface area (Å²) in [7, 11) is 0. The van der Waals surface area contributed by atoms with Crippen LogP contribution in [0, 0.1) is 18.6 Å². The van der Waals surface area contributed by atoms with Crippen LogP contribution in [0.4, 0.5) is 8.78 Å². The molecule has 6 heteroatoms. The molecule has 112 valence electrons. The Balaban J connectivity index is 2.18. The summed E-state index contributed by atoms with van der Waals surface area (Å²) in [6, 6.07) is 2.94. The van der Waals surface area contributed by atoms with Crippen LogP contribution in [-0.4, -0.2) is 16.0 Å². The highest BCUT2D eigenvalue weighted by Crippen LogP contribution is 2.30. The van der Waals surface area contributed by atoms with Gasteiger partial charge in [0.2, 0.25) is 0 Å². The Kier molecular flexibility index (Phi) is 5.25. The van der Waals surface area contributed by atoms with Gasteiger partial charge < -0.3 is 5.32 Å². The molecule has 0 saturated carbocycles. The summed E-state index contributed by atoms with van der Waals surface area (Å²) in [6.07, 6.45) is 3.23. The van der Waals surface area contributed by atoms with Gasteiger partial charge in [-0.1, -0.05) is 13.8 Å². The minimum absolute atomic E-state index is 0.0767. The lowest BCUT2D eigenvalue weighted by atomic mass is 10.2. The Bertz CT molecular complexity index is 592. The third-order valence-corrected chi connectivity index (χ3v) is 3.71. The number of nitrogens with one attached hydrogen (secondary N) is 1. The third kappa shape index (κ3) is 4.47. The van der Waals surface area contributed by atoms with Crippen LogP contribution >= 0.6 is 11.8 Å². The largest absolute Gasteiger partial charge is 0.310 e. The molecule has 2 rings (SSSR count). The van der Waals surface area contributed by atoms with Gasteiger partial charge in [0, 0.05) is 25.0 Å². The Morgan fingerprint density at radius 2 is 1.71 bits per heavy atom. The van der Waals surface area contributed by atoms with Crippen molar-refractivity contribution in [1.29, 1.82) is 0 Å². The molecule has 21 heavy (non-hydrogen) atoms. The van der Waals surface area contributed by atoms with Gasteiger partial charge in [0.15, 0.2) is 5.16 Å². The Hall–Kier alpha value is -1.53. The molecule has 0 unspecified atom stereocenters. The quantitative estimate of drug-likeness (QED) is 0.854. The third-order valence-electron chi connectivity index (χ3n) is 2.72. The van der Waals surface area contributed by atoms with Crippen molar-refractivity contribution in [2.75, 3.05) is 0 Å². The molecule has 0 spiro atoms. The van der Waals surface area contributed by atoms with Crippen molar-refractivity contribution < 1.29 is 8.78 Å². The highest BCUT2D eigenvalue weighted by atomic mass is 32.2. The molecule has 1 aromatic heterocycles. The lowest BCUT2D eigenvalue weighted by molar-refractivity contribution is 0.528. The molecule has 0 saturated heterocycles. The van der Waals surface area contributed by atoms with Crippen molar-refractivity contribution in [3.63, 3.8) is 0 Å². The second-order valence-corrected chi connectivity index (χ2v) is 6.05. The van der Waals surface area contributed by atoms with E-state index in [9.17, 15) is 8.78 Å². The monoisotopic (exact) mass is 309 g/mol. The molecule has 0 amide bonds. The van der Waals surface area contributed by atoms with E-state index in [0.29, 0.717) is 17.3 Å². The Labute approximate surface area is 127 Å². The van der Waals surface area contributed by atoms with Gasteiger partial charge >= 0.3 is 0 Å². The van der Waals surface area contributed by atoms with E-state index < -0.39 is 11.6 Å². The van der Waals surface area contributed by atoms with Crippen LogP contribution in [0.25, 0.3) is 0 Å². The van der Waals surface area contributed by atoms with Gasteiger partial charge in [-0.25, -0.2) is 18.7 Å². The van der Waals surface area contributed by atoms with Gasteiger partial charge in [-0.05, 0) is 41.9 Å². The fourth-order valence-corrected chi connectivity index (χ4v) is 2.36. The van der Waals surface area contributed by atoms with Crippen molar-refractivity contribution in [3.8, 4) is 0 Å². The Morgan fingerprint density at radius 1 is 1.14 bits per heavy atom. The lowest BCUT2D eigenvalue weighted by Gasteiger charge is -2.10. The van der Waals surface area contributed by atoms with Gasteiger partial charge in [-0.2, -0.15) is 0 Å². The lowest BCUT2D eigenvalue weighted by Crippen LogP contribution is -2.22. The van der Waals surface area contributed by atoms with Crippen molar-refractivity contribution in [2.24, 2.45) is 0 Å². The maximum atomic E-state index is 14.1. The van der Waals surface area contributed by atoms with Crippen molar-refractivity contribution >= 4 is 11.8 Å². The van der Waals surface area contributed by atoms with E-state index in [1.54, 1.807) is 12.4 Å². The first-order chi connectivity index (χ1) is 9.95. The highest BCUT2D eigenvalue weighted by molar-refractivity contribution is 7.99. The first-order valence-electron chi connectivity index (χ1n) is 6.63. The van der Waals surface area contributed by atoms with Crippen LogP contribution in [0.5, 0.6) is 0 Å². The number of hydrogen-bond acceptors (Lipinski definition) is 4. The van der Waals surface area contributed by atoms with Crippen LogP contribution in [-0.2, 0) is 6.54 Å². The first kappa shape index (κ1) is 15.9. The van der Waals surface area contributed by atoms with Gasteiger partial charge in [0.05, 0.1) is 4.90 Å². The summed E-state index contributed by atoms with van der Waals surface area (Å²) in [5, 5.41) is 3.45. The van der Waals surface area contributed by atoms with E-state index in [1.807, 2.05) is 20.8 Å². The Morgan fingerprint density at radius 3 is 2.24 bits per heavy atom. The molecule has 0 aliphatic rings. The normalized spacial score (nSPS) is 11.1. The zero-order chi connectivity index (χ0) is 15.4. The summed E-state index contributed by atoms with van der Waals surface area (Å²) >= 11 is 0.890. The first-order valence-corrected chi connectivity index (χ1v) is 7.45. The van der Waals surface area contributed by atoms with Crippen LogP contribution in [0.15, 0.2) is 34.6 Å². The number of rotatable bonds is 5. The minimum Gasteiger partial charge on any atom is -0.310 e. The van der Waals surface area contributed by atoms with Crippen LogP contribution in [0.1, 0.15) is 25.0 Å². The zero-order valence-electron chi connectivity index (χ0n) is 12.2. The molecule has 1 aromatic carbocycles. The van der Waals surface area contributed by atoms with E-state index >= 15 is 0 Å². The average Bonchev–Trinajstić information content (AvgIpc) is 2.42. The number of benzene rings is 1. The van der Waals surface area contributed by atoms with E-state index in [0.717, 1.165) is 17.3 Å². The van der Waals surface area contributed by atoms with Gasteiger partial charge in [-0.3, -0.25) is 0 Å². The predicted molar refractivity (Wildman–Crippen MR) is 79.2 cm³/mol. The minimum atomic E-state index is -0.593. The molecular weight excluding hydrogens is 292 g/mol. The van der Waals surface area contributed by atoms with E-state index in [-0.39, 0.29) is 10.9 Å². The summed E-state index contributed by atoms with van der Waals surface area (Å²) in [6.45, 7) is 6.24. The van der Waals surface area contributed by atoms with Crippen LogP contribution in [0.2, 0.25) is 0 Å². The molecule has 0 bridgehead atoms. The molecule has 0 atom stereocenters. The van der Waals surface area contributed by atoms with Crippen LogP contribution < -0.4 is 5.32 Å². The standard InChI is InChI=1S/C15H17F2N3S/c1-9(2)18-8-11-4-12(16)14(13(17)5-11)21-15-19-6-10(3)7-20-15/h4-7,9,18H,8H2,1-3H3. The summed E-state index contributed by atoms with van der Waals surface area (Å²) in [5.41, 5.74) is 1.48. The maximum Gasteiger partial charge on any atom is 0.192 e. The van der Waals surface area contributed by atoms with E-state index in [4.69, 9.17) is 0 Å². The predicted octanol–water partition coefficient (Wildman–Crippen LogP) is 3.71. The highest BCUT2D eigenvalue weighted by Gasteiger charge is 2.14. The number of aromatic nitrogens is 2. The van der Waals surface area contributed by atoms with Gasteiger partial charge in [0.1, 0.15) is 11.6 Å². The summed E-state index contributed by atoms with van der Waals surface area (Å²) < 4.78 is 28.1. The topological polar surface area (TPSA) is 37.8 Å². The molecule has 3 nitrogen and oxygen atoms in total. The number of halogens is 2. The molecule has 0 aliphatic heterocycles. The molecule has 0 radical (unpaired) electrons. The fraction of sp³-hybridized carbons (Fsp3) is 0.333. The fourth-order valence-electron chi connectivity index (χ4n) is 1.66. The number of nitrogens with zero attached hydrogens (tertiary/aromatic N) is 2. The van der Waals surface area contributed by atoms with Crippen molar-refractivity contribution in [1.82, 2.24) is 15.3 Å². The smallest absolute Gasteiger partial charge is 0.192 e. The number of hydrogen-bond donors (Lipinski definition) is 1. The molecule has 1 N–H and O–H groups in total. The molecule has 2 aromatic rings. The zero-order valence-corrected chi connectivity index (χ0v) is 13.0. The number of aryl methyl sites for hydroxylation is 1. The molecular formula is C15H17F2N3S. The van der Waals surface area contributed by atoms with Gasteiger partial charge in [-0.15, -0.1) is 0 Å². The SMILES string of the molecule is Cc1cnc(Sc2c(F)cc(CNC(C)C)cc2F)nc1. The molecule has 1 heterocycles. The van der Waals surface area contributed by atoms with Gasteiger partial charge in [0.25, 0.3) is 0 Å². The average molecular weight is 309 g/mol. The second-order valence-electron chi connectivity index (χ2n) is 5.07. The summed E-state index contributed by atoms with van der Waals surface area (Å²) in [5.74, 6) is -1.19. The maximum absolute atomic E-state index is 14.1. The summed E-state index contributed by atoms with van der Waals surface area (Å²) in [4.78, 5) is 8.01.